The molecule has 3 aromatic carbocycles. The van der Waals surface area contributed by atoms with Crippen LogP contribution in [-0.4, -0.2) is 10.9 Å². The van der Waals surface area contributed by atoms with Crippen molar-refractivity contribution in [1.29, 1.82) is 0 Å². The van der Waals surface area contributed by atoms with Crippen LogP contribution in [0, 0.1) is 13.8 Å². The number of carbonyl (C=O) groups is 1. The maximum absolute atomic E-state index is 12.4. The summed E-state index contributed by atoms with van der Waals surface area (Å²) in [5.74, 6) is -0.0442. The van der Waals surface area contributed by atoms with Crippen LogP contribution in [-0.2, 0) is 11.2 Å². The molecule has 0 aliphatic heterocycles. The SMILES string of the molecule is Cc1ccc(CC(=O)Nc2nc(-c3ccc(-c4ccccc4)cc3)cs2)c(C)c1. The molecule has 0 saturated carbocycles. The number of aryl methyl sites for hydroxylation is 2. The Morgan fingerprint density at radius 3 is 2.31 bits per heavy atom. The monoisotopic (exact) mass is 398 g/mol. The van der Waals surface area contributed by atoms with E-state index in [-0.39, 0.29) is 5.91 Å². The van der Waals surface area contributed by atoms with Crippen LogP contribution in [0.1, 0.15) is 16.7 Å². The highest BCUT2D eigenvalue weighted by atomic mass is 32.1. The Morgan fingerprint density at radius 2 is 1.59 bits per heavy atom. The van der Waals surface area contributed by atoms with E-state index in [1.807, 2.05) is 42.6 Å². The van der Waals surface area contributed by atoms with Gasteiger partial charge in [-0.1, -0.05) is 78.4 Å². The molecule has 0 aliphatic carbocycles. The highest BCUT2D eigenvalue weighted by molar-refractivity contribution is 7.14. The van der Waals surface area contributed by atoms with E-state index in [0.717, 1.165) is 22.4 Å². The van der Waals surface area contributed by atoms with Crippen LogP contribution in [0.3, 0.4) is 0 Å². The number of anilines is 1. The Hall–Kier alpha value is -3.24. The topological polar surface area (TPSA) is 42.0 Å². The fourth-order valence-corrected chi connectivity index (χ4v) is 4.04. The number of carbonyl (C=O) groups excluding carboxylic acids is 1. The molecule has 1 heterocycles. The van der Waals surface area contributed by atoms with Crippen molar-refractivity contribution in [3.8, 4) is 22.4 Å². The molecule has 3 nitrogen and oxygen atoms in total. The molecular weight excluding hydrogens is 376 g/mol. The smallest absolute Gasteiger partial charge is 0.230 e. The molecule has 0 saturated heterocycles. The quantitative estimate of drug-likeness (QED) is 0.430. The summed E-state index contributed by atoms with van der Waals surface area (Å²) in [5, 5.41) is 5.53. The van der Waals surface area contributed by atoms with Crippen LogP contribution >= 0.6 is 11.3 Å². The molecule has 0 unspecified atom stereocenters. The van der Waals surface area contributed by atoms with Gasteiger partial charge >= 0.3 is 0 Å². The van der Waals surface area contributed by atoms with E-state index in [1.165, 1.54) is 28.0 Å². The summed E-state index contributed by atoms with van der Waals surface area (Å²) in [6, 6.07) is 24.8. The van der Waals surface area contributed by atoms with Gasteiger partial charge in [-0.2, -0.15) is 0 Å². The van der Waals surface area contributed by atoms with Gasteiger partial charge in [0.05, 0.1) is 12.1 Å². The summed E-state index contributed by atoms with van der Waals surface area (Å²) in [7, 11) is 0. The number of nitrogens with one attached hydrogen (secondary N) is 1. The predicted molar refractivity (Wildman–Crippen MR) is 121 cm³/mol. The van der Waals surface area contributed by atoms with Crippen LogP contribution in [0.5, 0.6) is 0 Å². The first-order valence-corrected chi connectivity index (χ1v) is 10.4. The number of nitrogens with zero attached hydrogens (tertiary/aromatic N) is 1. The summed E-state index contributed by atoms with van der Waals surface area (Å²) in [4.78, 5) is 17.0. The van der Waals surface area contributed by atoms with Crippen LogP contribution in [0.2, 0.25) is 0 Å². The van der Waals surface area contributed by atoms with E-state index in [0.29, 0.717) is 11.6 Å². The van der Waals surface area contributed by atoms with Gasteiger partial charge in [0.25, 0.3) is 0 Å². The largest absolute Gasteiger partial charge is 0.302 e. The van der Waals surface area contributed by atoms with Crippen LogP contribution in [0.15, 0.2) is 78.2 Å². The first kappa shape index (κ1) is 19.1. The minimum Gasteiger partial charge on any atom is -0.302 e. The molecule has 29 heavy (non-hydrogen) atoms. The molecule has 0 fully saturated rings. The standard InChI is InChI=1S/C25H22N2OS/c1-17-8-9-22(18(2)14-17)15-24(28)27-25-26-23(16-29-25)21-12-10-20(11-13-21)19-6-4-3-5-7-19/h3-14,16H,15H2,1-2H3,(H,26,27,28). The molecule has 0 aliphatic rings. The lowest BCUT2D eigenvalue weighted by atomic mass is 10.0. The molecule has 0 radical (unpaired) electrons. The van der Waals surface area contributed by atoms with Gasteiger partial charge in [0, 0.05) is 10.9 Å². The Labute approximate surface area is 175 Å². The average molecular weight is 399 g/mol. The highest BCUT2D eigenvalue weighted by Crippen LogP contribution is 2.27. The zero-order chi connectivity index (χ0) is 20.2. The van der Waals surface area contributed by atoms with Crippen molar-refractivity contribution in [2.75, 3.05) is 5.32 Å². The van der Waals surface area contributed by atoms with E-state index in [1.54, 1.807) is 0 Å². The molecule has 1 amide bonds. The van der Waals surface area contributed by atoms with Gasteiger partial charge in [0.15, 0.2) is 5.13 Å². The third kappa shape index (κ3) is 4.61. The molecule has 0 bridgehead atoms. The first-order chi connectivity index (χ1) is 14.1. The van der Waals surface area contributed by atoms with Crippen molar-refractivity contribution in [1.82, 2.24) is 4.98 Å². The van der Waals surface area contributed by atoms with Gasteiger partial charge in [-0.05, 0) is 36.1 Å². The van der Waals surface area contributed by atoms with Crippen molar-refractivity contribution < 1.29 is 4.79 Å². The second-order valence-electron chi connectivity index (χ2n) is 7.14. The van der Waals surface area contributed by atoms with Crippen molar-refractivity contribution in [3.63, 3.8) is 0 Å². The number of hydrogen-bond acceptors (Lipinski definition) is 3. The zero-order valence-electron chi connectivity index (χ0n) is 16.5. The zero-order valence-corrected chi connectivity index (χ0v) is 17.3. The predicted octanol–water partition coefficient (Wildman–Crippen LogP) is 6.28. The Kier molecular flexibility index (Phi) is 5.54. The van der Waals surface area contributed by atoms with Crippen molar-refractivity contribution >= 4 is 22.4 Å². The maximum Gasteiger partial charge on any atom is 0.230 e. The lowest BCUT2D eigenvalue weighted by Gasteiger charge is -2.06. The maximum atomic E-state index is 12.4. The van der Waals surface area contributed by atoms with E-state index in [4.69, 9.17) is 0 Å². The third-order valence-corrected chi connectivity index (χ3v) is 5.65. The van der Waals surface area contributed by atoms with E-state index >= 15 is 0 Å². The lowest BCUT2D eigenvalue weighted by molar-refractivity contribution is -0.115. The van der Waals surface area contributed by atoms with Gasteiger partial charge < -0.3 is 5.32 Å². The van der Waals surface area contributed by atoms with E-state index in [2.05, 4.69) is 59.7 Å². The number of aromatic nitrogens is 1. The molecule has 1 N–H and O–H groups in total. The normalized spacial score (nSPS) is 10.7. The molecular formula is C25H22N2OS. The Bertz CT molecular complexity index is 1130. The van der Waals surface area contributed by atoms with Crippen molar-refractivity contribution in [3.05, 3.63) is 94.9 Å². The van der Waals surface area contributed by atoms with Gasteiger partial charge in [0.2, 0.25) is 5.91 Å². The van der Waals surface area contributed by atoms with Gasteiger partial charge in [0.1, 0.15) is 0 Å². The fourth-order valence-electron chi connectivity index (χ4n) is 3.31. The Balaban J connectivity index is 1.43. The summed E-state index contributed by atoms with van der Waals surface area (Å²) in [6.45, 7) is 4.09. The summed E-state index contributed by atoms with van der Waals surface area (Å²) >= 11 is 1.45. The molecule has 4 aromatic rings. The first-order valence-electron chi connectivity index (χ1n) is 9.56. The molecule has 4 rings (SSSR count). The molecule has 0 atom stereocenters. The van der Waals surface area contributed by atoms with Crippen molar-refractivity contribution in [2.45, 2.75) is 20.3 Å². The highest BCUT2D eigenvalue weighted by Gasteiger charge is 2.10. The second-order valence-corrected chi connectivity index (χ2v) is 7.99. The molecule has 4 heteroatoms. The summed E-state index contributed by atoms with van der Waals surface area (Å²) < 4.78 is 0. The third-order valence-electron chi connectivity index (χ3n) is 4.89. The summed E-state index contributed by atoms with van der Waals surface area (Å²) in [6.07, 6.45) is 0.354. The average Bonchev–Trinajstić information content (AvgIpc) is 3.19. The lowest BCUT2D eigenvalue weighted by Crippen LogP contribution is -2.14. The van der Waals surface area contributed by atoms with E-state index < -0.39 is 0 Å². The molecule has 144 valence electrons. The minimum absolute atomic E-state index is 0.0442. The number of amides is 1. The fraction of sp³-hybridized carbons (Fsp3) is 0.120. The molecule has 1 aromatic heterocycles. The second kappa shape index (κ2) is 8.41. The van der Waals surface area contributed by atoms with E-state index in [9.17, 15) is 4.79 Å². The van der Waals surface area contributed by atoms with Gasteiger partial charge in [-0.15, -0.1) is 11.3 Å². The van der Waals surface area contributed by atoms with Gasteiger partial charge in [-0.3, -0.25) is 4.79 Å². The van der Waals surface area contributed by atoms with Gasteiger partial charge in [-0.25, -0.2) is 4.98 Å². The summed E-state index contributed by atoms with van der Waals surface area (Å²) in [5.41, 5.74) is 7.66. The number of thiazole rings is 1. The number of hydrogen-bond donors (Lipinski definition) is 1. The minimum atomic E-state index is -0.0442. The number of benzene rings is 3. The Morgan fingerprint density at radius 1 is 0.897 bits per heavy atom. The molecule has 0 spiro atoms. The van der Waals surface area contributed by atoms with Crippen molar-refractivity contribution in [2.24, 2.45) is 0 Å². The van der Waals surface area contributed by atoms with Crippen LogP contribution < -0.4 is 5.32 Å². The van der Waals surface area contributed by atoms with Crippen LogP contribution in [0.4, 0.5) is 5.13 Å². The number of rotatable bonds is 5. The van der Waals surface area contributed by atoms with Crippen LogP contribution in [0.25, 0.3) is 22.4 Å².